The van der Waals surface area contributed by atoms with Crippen molar-refractivity contribution >= 4 is 17.1 Å². The highest BCUT2D eigenvalue weighted by Crippen LogP contribution is 2.29. The smallest absolute Gasteiger partial charge is 0.237 e. The Balaban J connectivity index is 2.26. The number of hydrogen-bond acceptors (Lipinski definition) is 5. The van der Waals surface area contributed by atoms with Gasteiger partial charge in [0.15, 0.2) is 0 Å². The number of halogens is 1. The summed E-state index contributed by atoms with van der Waals surface area (Å²) in [5.41, 5.74) is 3.63. The van der Waals surface area contributed by atoms with Gasteiger partial charge in [0.2, 0.25) is 5.71 Å². The summed E-state index contributed by atoms with van der Waals surface area (Å²) in [5, 5.41) is 21.0. The first-order chi connectivity index (χ1) is 9.74. The lowest BCUT2D eigenvalue weighted by Gasteiger charge is -2.30. The zero-order valence-corrected chi connectivity index (χ0v) is 10.9. The maximum absolute atomic E-state index is 13.4. The lowest BCUT2D eigenvalue weighted by molar-refractivity contribution is 0.577. The van der Waals surface area contributed by atoms with E-state index >= 15 is 0 Å². The quantitative estimate of drug-likeness (QED) is 0.677. The molecule has 0 radical (unpaired) electrons. The Morgan fingerprint density at radius 2 is 1.90 bits per heavy atom. The Bertz CT molecular complexity index is 575. The summed E-state index contributed by atoms with van der Waals surface area (Å²) >= 11 is 0. The van der Waals surface area contributed by atoms with Crippen LogP contribution in [0.3, 0.4) is 0 Å². The Morgan fingerprint density at radius 3 is 2.55 bits per heavy atom. The molecule has 20 heavy (non-hydrogen) atoms. The van der Waals surface area contributed by atoms with Crippen molar-refractivity contribution in [3.8, 4) is 12.1 Å². The molecule has 0 unspecified atom stereocenters. The average molecular weight is 271 g/mol. The van der Waals surface area contributed by atoms with Crippen molar-refractivity contribution in [2.75, 3.05) is 23.4 Å². The van der Waals surface area contributed by atoms with E-state index in [2.05, 4.69) is 15.4 Å². The maximum Gasteiger partial charge on any atom is 0.237 e. The van der Waals surface area contributed by atoms with Gasteiger partial charge in [-0.25, -0.2) is 4.39 Å². The minimum absolute atomic E-state index is 0.293. The third-order valence-electron chi connectivity index (χ3n) is 3.16. The number of anilines is 2. The molecule has 1 saturated heterocycles. The summed E-state index contributed by atoms with van der Waals surface area (Å²) in [6, 6.07) is 7.72. The number of hydrazone groups is 1. The fraction of sp³-hybridized carbons (Fsp3) is 0.357. The summed E-state index contributed by atoms with van der Waals surface area (Å²) < 4.78 is 13.4. The van der Waals surface area contributed by atoms with Crippen LogP contribution in [0.15, 0.2) is 23.3 Å². The van der Waals surface area contributed by atoms with E-state index in [0.29, 0.717) is 5.69 Å². The van der Waals surface area contributed by atoms with Crippen LogP contribution in [0.5, 0.6) is 0 Å². The second-order valence-electron chi connectivity index (χ2n) is 4.50. The monoisotopic (exact) mass is 271 g/mol. The van der Waals surface area contributed by atoms with Gasteiger partial charge in [0.1, 0.15) is 18.0 Å². The molecule has 2 rings (SSSR count). The third kappa shape index (κ3) is 3.24. The molecule has 1 aliphatic heterocycles. The molecule has 1 fully saturated rings. The third-order valence-corrected chi connectivity index (χ3v) is 3.16. The lowest BCUT2D eigenvalue weighted by atomic mass is 10.1. The van der Waals surface area contributed by atoms with Gasteiger partial charge in [-0.15, -0.1) is 0 Å². The Morgan fingerprint density at radius 1 is 1.20 bits per heavy atom. The van der Waals surface area contributed by atoms with Crippen LogP contribution in [0, 0.1) is 28.5 Å². The van der Waals surface area contributed by atoms with Gasteiger partial charge >= 0.3 is 0 Å². The molecule has 1 aromatic rings. The molecule has 0 saturated carbocycles. The number of nitriles is 2. The van der Waals surface area contributed by atoms with Gasteiger partial charge in [-0.3, -0.25) is 5.43 Å². The SMILES string of the molecule is N#CC(C#N)=NNc1cc(F)ccc1N1CCCCC1. The number of nitrogens with one attached hydrogen (secondary N) is 1. The minimum atomic E-state index is -0.390. The van der Waals surface area contributed by atoms with Crippen molar-refractivity contribution in [3.63, 3.8) is 0 Å². The zero-order chi connectivity index (χ0) is 14.4. The molecule has 0 aromatic heterocycles. The van der Waals surface area contributed by atoms with E-state index in [9.17, 15) is 4.39 Å². The maximum atomic E-state index is 13.4. The molecule has 102 valence electrons. The van der Waals surface area contributed by atoms with Crippen LogP contribution in [-0.2, 0) is 0 Å². The highest BCUT2D eigenvalue weighted by atomic mass is 19.1. The van der Waals surface area contributed by atoms with Gasteiger partial charge in [-0.2, -0.15) is 15.6 Å². The molecule has 0 bridgehead atoms. The van der Waals surface area contributed by atoms with Crippen LogP contribution < -0.4 is 10.3 Å². The molecule has 5 nitrogen and oxygen atoms in total. The van der Waals surface area contributed by atoms with E-state index in [4.69, 9.17) is 10.5 Å². The van der Waals surface area contributed by atoms with Crippen LogP contribution in [-0.4, -0.2) is 18.8 Å². The summed E-state index contributed by atoms with van der Waals surface area (Å²) in [7, 11) is 0. The highest BCUT2D eigenvalue weighted by Gasteiger charge is 2.15. The molecular weight excluding hydrogens is 257 g/mol. The minimum Gasteiger partial charge on any atom is -0.370 e. The Hall–Kier alpha value is -2.60. The standard InChI is InChI=1S/C14H14FN5/c15-11-4-5-14(20-6-2-1-3-7-20)13(8-11)19-18-12(9-16)10-17/h4-5,8,19H,1-3,6-7H2. The topological polar surface area (TPSA) is 75.2 Å². The number of hydrogen-bond donors (Lipinski definition) is 1. The van der Waals surface area contributed by atoms with Crippen molar-refractivity contribution in [1.29, 1.82) is 10.5 Å². The van der Waals surface area contributed by atoms with Crippen LogP contribution in [0.25, 0.3) is 0 Å². The van der Waals surface area contributed by atoms with Crippen molar-refractivity contribution in [2.45, 2.75) is 19.3 Å². The first-order valence-corrected chi connectivity index (χ1v) is 6.43. The lowest BCUT2D eigenvalue weighted by Crippen LogP contribution is -2.29. The van der Waals surface area contributed by atoms with Crippen LogP contribution >= 0.6 is 0 Å². The molecule has 0 amide bonds. The van der Waals surface area contributed by atoms with Gasteiger partial charge in [-0.05, 0) is 31.4 Å². The molecule has 0 atom stereocenters. The normalized spacial score (nSPS) is 14.1. The molecular formula is C14H14FN5. The van der Waals surface area contributed by atoms with Crippen LogP contribution in [0.1, 0.15) is 19.3 Å². The Labute approximate surface area is 116 Å². The van der Waals surface area contributed by atoms with Crippen molar-refractivity contribution in [2.24, 2.45) is 5.10 Å². The predicted molar refractivity (Wildman–Crippen MR) is 74.7 cm³/mol. The number of benzene rings is 1. The van der Waals surface area contributed by atoms with Crippen LogP contribution in [0.4, 0.5) is 15.8 Å². The van der Waals surface area contributed by atoms with E-state index < -0.39 is 0 Å². The van der Waals surface area contributed by atoms with E-state index in [-0.39, 0.29) is 11.5 Å². The Kier molecular flexibility index (Phi) is 4.52. The zero-order valence-electron chi connectivity index (χ0n) is 10.9. The second-order valence-corrected chi connectivity index (χ2v) is 4.50. The number of piperidine rings is 1. The molecule has 1 aliphatic rings. The van der Waals surface area contributed by atoms with Gasteiger partial charge < -0.3 is 4.90 Å². The molecule has 0 spiro atoms. The molecule has 1 heterocycles. The number of nitrogens with zero attached hydrogens (tertiary/aromatic N) is 4. The summed E-state index contributed by atoms with van der Waals surface area (Å²) in [5.74, 6) is -0.390. The van der Waals surface area contributed by atoms with E-state index in [1.165, 1.54) is 18.6 Å². The summed E-state index contributed by atoms with van der Waals surface area (Å²) in [6.45, 7) is 1.82. The van der Waals surface area contributed by atoms with Gasteiger partial charge in [0.05, 0.1) is 11.4 Å². The van der Waals surface area contributed by atoms with Gasteiger partial charge in [0, 0.05) is 19.2 Å². The molecule has 6 heteroatoms. The van der Waals surface area contributed by atoms with Crippen molar-refractivity contribution in [3.05, 3.63) is 24.0 Å². The van der Waals surface area contributed by atoms with E-state index in [1.54, 1.807) is 18.2 Å². The average Bonchev–Trinajstić information content (AvgIpc) is 2.49. The largest absolute Gasteiger partial charge is 0.370 e. The first-order valence-electron chi connectivity index (χ1n) is 6.43. The molecule has 1 aromatic carbocycles. The summed E-state index contributed by atoms with van der Waals surface area (Å²) in [6.07, 6.45) is 3.40. The fourth-order valence-electron chi connectivity index (χ4n) is 2.20. The number of rotatable bonds is 3. The molecule has 0 aliphatic carbocycles. The van der Waals surface area contributed by atoms with Gasteiger partial charge in [-0.1, -0.05) is 0 Å². The highest BCUT2D eigenvalue weighted by molar-refractivity contribution is 6.10. The predicted octanol–water partition coefficient (Wildman–Crippen LogP) is 2.63. The molecule has 1 N–H and O–H groups in total. The van der Waals surface area contributed by atoms with Crippen molar-refractivity contribution < 1.29 is 4.39 Å². The van der Waals surface area contributed by atoms with Gasteiger partial charge in [0.25, 0.3) is 0 Å². The summed E-state index contributed by atoms with van der Waals surface area (Å²) in [4.78, 5) is 2.15. The van der Waals surface area contributed by atoms with E-state index in [1.807, 2.05) is 0 Å². The fourth-order valence-corrected chi connectivity index (χ4v) is 2.20. The van der Waals surface area contributed by atoms with Crippen molar-refractivity contribution in [1.82, 2.24) is 0 Å². The van der Waals surface area contributed by atoms with E-state index in [0.717, 1.165) is 31.6 Å². The second kappa shape index (κ2) is 6.53. The first kappa shape index (κ1) is 13.8. The van der Waals surface area contributed by atoms with Crippen LogP contribution in [0.2, 0.25) is 0 Å².